The highest BCUT2D eigenvalue weighted by Crippen LogP contribution is 2.40. The van der Waals surface area contributed by atoms with Crippen LogP contribution in [-0.2, 0) is 6.42 Å². The molecule has 2 aromatic rings. The first-order valence-corrected chi connectivity index (χ1v) is 9.88. The quantitative estimate of drug-likeness (QED) is 0.685. The Morgan fingerprint density at radius 1 is 1.30 bits per heavy atom. The molecule has 2 unspecified atom stereocenters. The number of nitrogens with zero attached hydrogens (tertiary/aromatic N) is 2. The second-order valence-corrected chi connectivity index (χ2v) is 8.10. The highest BCUT2D eigenvalue weighted by atomic mass is 79.9. The third kappa shape index (κ3) is 3.41. The number of halogens is 1. The van der Waals surface area contributed by atoms with Gasteiger partial charge >= 0.3 is 0 Å². The number of rotatable bonds is 3. The van der Waals surface area contributed by atoms with Crippen molar-refractivity contribution < 1.29 is 0 Å². The summed E-state index contributed by atoms with van der Waals surface area (Å²) in [7, 11) is 0. The van der Waals surface area contributed by atoms with E-state index in [1.54, 1.807) is 0 Å². The fourth-order valence-corrected chi connectivity index (χ4v) is 4.30. The molecule has 0 spiro atoms. The van der Waals surface area contributed by atoms with Crippen molar-refractivity contribution in [2.24, 2.45) is 5.92 Å². The summed E-state index contributed by atoms with van der Waals surface area (Å²) in [5.74, 6) is 0.357. The number of benzene rings is 2. The maximum Gasteiger partial charge on any atom is 0.0814 e. The van der Waals surface area contributed by atoms with Crippen molar-refractivity contribution in [2.45, 2.75) is 26.3 Å². The van der Waals surface area contributed by atoms with E-state index in [1.165, 1.54) is 16.8 Å². The molecular formula is C21H22BrN5. The first-order chi connectivity index (χ1) is 13.1. The van der Waals surface area contributed by atoms with Crippen LogP contribution < -0.4 is 16.3 Å². The lowest BCUT2D eigenvalue weighted by molar-refractivity contribution is 0.243. The second-order valence-electron chi connectivity index (χ2n) is 7.19. The summed E-state index contributed by atoms with van der Waals surface area (Å²) in [5, 5.41) is 14.9. The minimum Gasteiger partial charge on any atom is -0.378 e. The van der Waals surface area contributed by atoms with Crippen molar-refractivity contribution in [3.05, 3.63) is 69.3 Å². The predicted octanol–water partition coefficient (Wildman–Crippen LogP) is 4.33. The van der Waals surface area contributed by atoms with Crippen LogP contribution in [0.3, 0.4) is 0 Å². The summed E-state index contributed by atoms with van der Waals surface area (Å²) in [6.07, 6.45) is 0.424. The van der Waals surface area contributed by atoms with E-state index < -0.39 is 0 Å². The Morgan fingerprint density at radius 2 is 2.15 bits per heavy atom. The van der Waals surface area contributed by atoms with E-state index in [1.807, 2.05) is 12.1 Å². The highest BCUT2D eigenvalue weighted by molar-refractivity contribution is 9.10. The lowest BCUT2D eigenvalue weighted by Gasteiger charge is -2.27. The monoisotopic (exact) mass is 423 g/mol. The van der Waals surface area contributed by atoms with Gasteiger partial charge in [-0.1, -0.05) is 41.1 Å². The molecular weight excluding hydrogens is 402 g/mol. The van der Waals surface area contributed by atoms with Gasteiger partial charge in [0.2, 0.25) is 0 Å². The summed E-state index contributed by atoms with van der Waals surface area (Å²) in [4.78, 5) is 0. The van der Waals surface area contributed by atoms with Crippen molar-refractivity contribution in [3.63, 3.8) is 0 Å². The van der Waals surface area contributed by atoms with Gasteiger partial charge in [-0.3, -0.25) is 5.01 Å². The Kier molecular flexibility index (Phi) is 4.81. The number of hydrogen-bond donors (Lipinski definition) is 3. The van der Waals surface area contributed by atoms with Crippen LogP contribution in [0.1, 0.15) is 36.6 Å². The molecule has 0 radical (unpaired) electrons. The first kappa shape index (κ1) is 17.9. The minimum absolute atomic E-state index is 0.155. The van der Waals surface area contributed by atoms with E-state index in [9.17, 15) is 0 Å². The van der Waals surface area contributed by atoms with Crippen LogP contribution >= 0.6 is 15.9 Å². The number of fused-ring (bicyclic) bond motifs is 3. The number of nitrogens with one attached hydrogen (secondary N) is 3. The van der Waals surface area contributed by atoms with E-state index in [0.717, 1.165) is 28.0 Å². The van der Waals surface area contributed by atoms with Crippen LogP contribution in [-0.4, -0.2) is 11.6 Å². The van der Waals surface area contributed by atoms with E-state index >= 15 is 0 Å². The standard InChI is InChI=1S/C21H22BrN5/c1-13-12-27-21(14(2)25-26-27)18-7-6-16(22)11-19(18)20(13)24-17-5-3-4-15(10-17)8-9-23/h3-7,10-11,13,20,24-26H,8,12H2,1-2H3. The van der Waals surface area contributed by atoms with Gasteiger partial charge in [-0.25, -0.2) is 0 Å². The maximum absolute atomic E-state index is 8.99. The summed E-state index contributed by atoms with van der Waals surface area (Å²) in [6.45, 7) is 5.24. The average Bonchev–Trinajstić information content (AvgIpc) is 2.95. The van der Waals surface area contributed by atoms with E-state index in [-0.39, 0.29) is 6.04 Å². The molecule has 0 fully saturated rings. The van der Waals surface area contributed by atoms with E-state index in [0.29, 0.717) is 12.3 Å². The van der Waals surface area contributed by atoms with Gasteiger partial charge in [-0.15, -0.1) is 5.53 Å². The number of nitriles is 1. The Balaban J connectivity index is 1.77. The van der Waals surface area contributed by atoms with Crippen molar-refractivity contribution >= 4 is 27.3 Å². The van der Waals surface area contributed by atoms with Crippen molar-refractivity contribution in [3.8, 4) is 6.07 Å². The zero-order valence-corrected chi connectivity index (χ0v) is 17.0. The average molecular weight is 424 g/mol. The second kappa shape index (κ2) is 7.26. The van der Waals surface area contributed by atoms with E-state index in [2.05, 4.69) is 87.5 Å². The summed E-state index contributed by atoms with van der Waals surface area (Å²) in [5.41, 5.74) is 13.4. The normalized spacial score (nSPS) is 21.0. The SMILES string of the molecule is CC1=C2c3ccc(Br)cc3C(Nc3cccc(CC#N)c3)C(C)CN2NN1. The molecule has 6 heteroatoms. The van der Waals surface area contributed by atoms with Crippen molar-refractivity contribution in [1.29, 1.82) is 5.26 Å². The molecule has 0 amide bonds. The topological polar surface area (TPSA) is 63.1 Å². The van der Waals surface area contributed by atoms with Gasteiger partial charge in [-0.2, -0.15) is 5.26 Å². The lowest BCUT2D eigenvalue weighted by Crippen LogP contribution is -2.40. The van der Waals surface area contributed by atoms with Crippen LogP contribution in [0.25, 0.3) is 5.70 Å². The Hall–Kier alpha value is -2.49. The van der Waals surface area contributed by atoms with Gasteiger partial charge in [0.15, 0.2) is 0 Å². The molecule has 0 aromatic heterocycles. The van der Waals surface area contributed by atoms with Gasteiger partial charge in [0.05, 0.1) is 29.9 Å². The van der Waals surface area contributed by atoms with Crippen LogP contribution in [0.15, 0.2) is 52.6 Å². The molecule has 2 aliphatic heterocycles. The molecule has 5 nitrogen and oxygen atoms in total. The molecule has 0 saturated carbocycles. The zero-order valence-electron chi connectivity index (χ0n) is 15.4. The molecule has 0 bridgehead atoms. The lowest BCUT2D eigenvalue weighted by atomic mass is 9.91. The molecule has 2 aliphatic rings. The van der Waals surface area contributed by atoms with Gasteiger partial charge in [0.1, 0.15) is 0 Å². The van der Waals surface area contributed by atoms with Gasteiger partial charge in [0.25, 0.3) is 0 Å². The number of hydrogen-bond acceptors (Lipinski definition) is 5. The molecule has 2 aromatic carbocycles. The third-order valence-electron chi connectivity index (χ3n) is 5.18. The van der Waals surface area contributed by atoms with Crippen molar-refractivity contribution in [1.82, 2.24) is 16.0 Å². The molecule has 2 heterocycles. The third-order valence-corrected chi connectivity index (χ3v) is 5.67. The van der Waals surface area contributed by atoms with Gasteiger partial charge in [-0.05, 0) is 48.2 Å². The minimum atomic E-state index is 0.155. The Labute approximate surface area is 168 Å². The molecule has 138 valence electrons. The molecule has 2 atom stereocenters. The van der Waals surface area contributed by atoms with Crippen LogP contribution in [0.4, 0.5) is 5.69 Å². The number of hydrazine groups is 2. The molecule has 27 heavy (non-hydrogen) atoms. The van der Waals surface area contributed by atoms with Gasteiger partial charge < -0.3 is 10.7 Å². The predicted molar refractivity (Wildman–Crippen MR) is 111 cm³/mol. The first-order valence-electron chi connectivity index (χ1n) is 9.09. The summed E-state index contributed by atoms with van der Waals surface area (Å²) >= 11 is 3.64. The molecule has 3 N–H and O–H groups in total. The highest BCUT2D eigenvalue weighted by Gasteiger charge is 2.34. The fourth-order valence-electron chi connectivity index (χ4n) is 3.92. The van der Waals surface area contributed by atoms with Crippen LogP contribution in [0.5, 0.6) is 0 Å². The fraction of sp³-hybridized carbons (Fsp3) is 0.286. The Bertz CT molecular complexity index is 946. The Morgan fingerprint density at radius 3 is 2.96 bits per heavy atom. The largest absolute Gasteiger partial charge is 0.378 e. The summed E-state index contributed by atoms with van der Waals surface area (Å²) in [6, 6.07) is 17.0. The van der Waals surface area contributed by atoms with Gasteiger partial charge in [0, 0.05) is 22.3 Å². The molecule has 0 saturated heterocycles. The smallest absolute Gasteiger partial charge is 0.0814 e. The molecule has 4 rings (SSSR count). The number of anilines is 1. The number of allylic oxidation sites excluding steroid dienone is 1. The van der Waals surface area contributed by atoms with Crippen molar-refractivity contribution in [2.75, 3.05) is 11.9 Å². The van der Waals surface area contributed by atoms with Crippen LogP contribution in [0.2, 0.25) is 0 Å². The molecule has 0 aliphatic carbocycles. The van der Waals surface area contributed by atoms with E-state index in [4.69, 9.17) is 5.26 Å². The zero-order chi connectivity index (χ0) is 19.0. The summed E-state index contributed by atoms with van der Waals surface area (Å²) < 4.78 is 1.07. The van der Waals surface area contributed by atoms with Crippen LogP contribution in [0, 0.1) is 17.2 Å². The maximum atomic E-state index is 8.99.